The number of hydrogen-bond donors (Lipinski definition) is 3. The maximum absolute atomic E-state index is 13.1. The van der Waals surface area contributed by atoms with Crippen LogP contribution in [0.1, 0.15) is 75.6 Å². The predicted molar refractivity (Wildman–Crippen MR) is 163 cm³/mol. The fourth-order valence-electron chi connectivity index (χ4n) is 5.00. The van der Waals surface area contributed by atoms with Crippen molar-refractivity contribution in [1.82, 2.24) is 15.3 Å². The average Bonchev–Trinajstić information content (AvgIpc) is 3.42. The molecule has 2 heterocycles. The van der Waals surface area contributed by atoms with Gasteiger partial charge in [-0.05, 0) is 99.0 Å². The van der Waals surface area contributed by atoms with Gasteiger partial charge in [-0.25, -0.2) is 9.97 Å². The highest BCUT2D eigenvalue weighted by Gasteiger charge is 2.19. The molecule has 5 rings (SSSR count). The number of rotatable bonds is 9. The largest absolute Gasteiger partial charge is 0.349 e. The van der Waals surface area contributed by atoms with Crippen LogP contribution < -0.4 is 16.0 Å². The van der Waals surface area contributed by atoms with E-state index in [-0.39, 0.29) is 17.9 Å². The van der Waals surface area contributed by atoms with Gasteiger partial charge in [0.2, 0.25) is 5.95 Å². The van der Waals surface area contributed by atoms with Crippen LogP contribution in [0.5, 0.6) is 0 Å². The van der Waals surface area contributed by atoms with Crippen LogP contribution in [0.2, 0.25) is 0 Å². The van der Waals surface area contributed by atoms with Gasteiger partial charge in [0.25, 0.3) is 11.8 Å². The van der Waals surface area contributed by atoms with E-state index in [1.54, 1.807) is 29.7 Å². The number of carbonyl (C=O) groups is 2. The molecule has 2 amide bonds. The van der Waals surface area contributed by atoms with E-state index in [9.17, 15) is 9.59 Å². The van der Waals surface area contributed by atoms with Crippen molar-refractivity contribution >= 4 is 40.5 Å². The molecule has 1 aliphatic rings. The Labute approximate surface area is 239 Å². The van der Waals surface area contributed by atoms with E-state index >= 15 is 0 Å². The predicted octanol–water partition coefficient (Wildman–Crippen LogP) is 7.31. The molecule has 2 aromatic carbocycles. The molecule has 0 atom stereocenters. The number of aryl methyl sites for hydroxylation is 2. The smallest absolute Gasteiger partial charge is 0.265 e. The first-order valence-corrected chi connectivity index (χ1v) is 14.8. The molecular weight excluding hydrogens is 518 g/mol. The van der Waals surface area contributed by atoms with E-state index in [0.29, 0.717) is 11.5 Å². The SMILES string of the molecule is CCC(CC)NC(=O)c1ccc(Nc2nccc(-c3cccc(NC(=O)c4cc5c(s4)CCCC5)c3C)n2)cc1. The fourth-order valence-corrected chi connectivity index (χ4v) is 6.15. The van der Waals surface area contributed by atoms with Crippen LogP contribution >= 0.6 is 11.3 Å². The second-order valence-electron chi connectivity index (χ2n) is 10.2. The summed E-state index contributed by atoms with van der Waals surface area (Å²) in [6.07, 6.45) is 8.05. The topological polar surface area (TPSA) is 96.0 Å². The zero-order chi connectivity index (χ0) is 28.1. The summed E-state index contributed by atoms with van der Waals surface area (Å²) in [4.78, 5) is 36.8. The summed E-state index contributed by atoms with van der Waals surface area (Å²) < 4.78 is 0. The lowest BCUT2D eigenvalue weighted by atomic mass is 9.99. The van der Waals surface area contributed by atoms with Gasteiger partial charge in [-0.3, -0.25) is 9.59 Å². The van der Waals surface area contributed by atoms with Gasteiger partial charge in [0.15, 0.2) is 0 Å². The lowest BCUT2D eigenvalue weighted by Crippen LogP contribution is -2.33. The molecule has 0 unspecified atom stereocenters. The molecule has 0 saturated heterocycles. The lowest BCUT2D eigenvalue weighted by molar-refractivity contribution is 0.0934. The fraction of sp³-hybridized carbons (Fsp3) is 0.312. The highest BCUT2D eigenvalue weighted by Crippen LogP contribution is 2.32. The van der Waals surface area contributed by atoms with Crippen LogP contribution in [0, 0.1) is 6.92 Å². The van der Waals surface area contributed by atoms with Crippen LogP contribution in [0.4, 0.5) is 17.3 Å². The van der Waals surface area contributed by atoms with Crippen molar-refractivity contribution in [2.75, 3.05) is 10.6 Å². The van der Waals surface area contributed by atoms with Crippen molar-refractivity contribution < 1.29 is 9.59 Å². The first-order valence-electron chi connectivity index (χ1n) is 14.0. The maximum atomic E-state index is 13.1. The number of nitrogens with one attached hydrogen (secondary N) is 3. The normalized spacial score (nSPS) is 12.6. The Morgan fingerprint density at radius 2 is 1.75 bits per heavy atom. The average molecular weight is 554 g/mol. The molecule has 4 aromatic rings. The highest BCUT2D eigenvalue weighted by molar-refractivity contribution is 7.14. The number of carbonyl (C=O) groups excluding carboxylic acids is 2. The number of benzene rings is 2. The molecule has 0 fully saturated rings. The van der Waals surface area contributed by atoms with Gasteiger partial charge in [0.1, 0.15) is 0 Å². The Morgan fingerprint density at radius 1 is 0.975 bits per heavy atom. The molecule has 8 heteroatoms. The van der Waals surface area contributed by atoms with Crippen molar-refractivity contribution in [2.24, 2.45) is 0 Å². The second kappa shape index (κ2) is 12.4. The Kier molecular flexibility index (Phi) is 8.55. The highest BCUT2D eigenvalue weighted by atomic mass is 32.1. The summed E-state index contributed by atoms with van der Waals surface area (Å²) in [6.45, 7) is 6.13. The lowest BCUT2D eigenvalue weighted by Gasteiger charge is -2.15. The number of amides is 2. The molecule has 3 N–H and O–H groups in total. The van der Waals surface area contributed by atoms with Crippen molar-refractivity contribution in [1.29, 1.82) is 0 Å². The van der Waals surface area contributed by atoms with Gasteiger partial charge in [-0.2, -0.15) is 0 Å². The van der Waals surface area contributed by atoms with Crippen LogP contribution in [-0.4, -0.2) is 27.8 Å². The van der Waals surface area contributed by atoms with E-state index in [1.165, 1.54) is 23.3 Å². The molecule has 1 aliphatic carbocycles. The van der Waals surface area contributed by atoms with Gasteiger partial charge >= 0.3 is 0 Å². The number of fused-ring (bicyclic) bond motifs is 1. The van der Waals surface area contributed by atoms with E-state index in [2.05, 4.69) is 40.8 Å². The van der Waals surface area contributed by atoms with Crippen molar-refractivity contribution in [3.05, 3.63) is 87.2 Å². The number of nitrogens with zero attached hydrogens (tertiary/aromatic N) is 2. The Bertz CT molecular complexity index is 1480. The zero-order valence-electron chi connectivity index (χ0n) is 23.2. The molecule has 0 saturated carbocycles. The molecule has 7 nitrogen and oxygen atoms in total. The zero-order valence-corrected chi connectivity index (χ0v) is 24.0. The van der Waals surface area contributed by atoms with Crippen molar-refractivity contribution in [2.45, 2.75) is 65.3 Å². The summed E-state index contributed by atoms with van der Waals surface area (Å²) in [5.74, 6) is 0.311. The van der Waals surface area contributed by atoms with Crippen molar-refractivity contribution in [3.63, 3.8) is 0 Å². The number of aromatic nitrogens is 2. The molecule has 0 spiro atoms. The van der Waals surface area contributed by atoms with E-state index < -0.39 is 0 Å². The minimum absolute atomic E-state index is 0.0678. The molecule has 0 bridgehead atoms. The van der Waals surface area contributed by atoms with E-state index in [1.807, 2.05) is 43.3 Å². The summed E-state index contributed by atoms with van der Waals surface area (Å²) in [7, 11) is 0. The van der Waals surface area contributed by atoms with Crippen LogP contribution in [0.25, 0.3) is 11.3 Å². The van der Waals surface area contributed by atoms with Gasteiger partial charge in [0, 0.05) is 39.6 Å². The molecule has 0 radical (unpaired) electrons. The minimum Gasteiger partial charge on any atom is -0.349 e. The van der Waals surface area contributed by atoms with Crippen LogP contribution in [0.3, 0.4) is 0 Å². The third-order valence-corrected chi connectivity index (χ3v) is 8.69. The molecule has 40 heavy (non-hydrogen) atoms. The Hall–Kier alpha value is -4.04. The summed E-state index contributed by atoms with van der Waals surface area (Å²) in [6, 6.07) is 17.2. The molecule has 0 aliphatic heterocycles. The second-order valence-corrected chi connectivity index (χ2v) is 11.3. The maximum Gasteiger partial charge on any atom is 0.265 e. The van der Waals surface area contributed by atoms with E-state index in [4.69, 9.17) is 4.98 Å². The molecule has 206 valence electrons. The first kappa shape index (κ1) is 27.5. The summed E-state index contributed by atoms with van der Waals surface area (Å²) in [5.41, 5.74) is 6.10. The quantitative estimate of drug-likeness (QED) is 0.202. The third-order valence-electron chi connectivity index (χ3n) is 7.46. The molecule has 2 aromatic heterocycles. The van der Waals surface area contributed by atoms with Gasteiger partial charge < -0.3 is 16.0 Å². The monoisotopic (exact) mass is 553 g/mol. The van der Waals surface area contributed by atoms with Crippen LogP contribution in [0.15, 0.2) is 60.8 Å². The number of hydrogen-bond acceptors (Lipinski definition) is 6. The first-order chi connectivity index (χ1) is 19.4. The standard InChI is InChI=1S/C32H35N5O2S/c1-4-23(5-2)34-30(38)21-13-15-24(16-14-21)35-32-33-18-17-27(37-32)25-10-8-11-26(20(25)3)36-31(39)29-19-22-9-6-7-12-28(22)40-29/h8,10-11,13-19,23H,4-7,9,12H2,1-3H3,(H,34,38)(H,36,39)(H,33,35,37). The number of thiophene rings is 1. The number of anilines is 3. The third kappa shape index (κ3) is 6.23. The van der Waals surface area contributed by atoms with Gasteiger partial charge in [-0.1, -0.05) is 26.0 Å². The van der Waals surface area contributed by atoms with E-state index in [0.717, 1.165) is 58.8 Å². The van der Waals surface area contributed by atoms with Crippen molar-refractivity contribution in [3.8, 4) is 11.3 Å². The minimum atomic E-state index is -0.0698. The van der Waals surface area contributed by atoms with Crippen LogP contribution in [-0.2, 0) is 12.8 Å². The van der Waals surface area contributed by atoms with Gasteiger partial charge in [0.05, 0.1) is 10.6 Å². The summed E-state index contributed by atoms with van der Waals surface area (Å²) in [5, 5.41) is 9.41. The summed E-state index contributed by atoms with van der Waals surface area (Å²) >= 11 is 1.62. The molecular formula is C32H35N5O2S. The Balaban J connectivity index is 1.29. The van der Waals surface area contributed by atoms with Gasteiger partial charge in [-0.15, -0.1) is 11.3 Å². The Morgan fingerprint density at radius 3 is 2.50 bits per heavy atom.